The van der Waals surface area contributed by atoms with Gasteiger partial charge in [0.05, 0.1) is 23.6 Å². The Morgan fingerprint density at radius 1 is 0.600 bits per heavy atom. The maximum atomic E-state index is 2.46. The lowest BCUT2D eigenvalue weighted by Crippen LogP contribution is -2.26. The van der Waals surface area contributed by atoms with E-state index in [0.29, 0.717) is 0 Å². The summed E-state index contributed by atoms with van der Waals surface area (Å²) in [6.45, 7) is 19.4. The van der Waals surface area contributed by atoms with E-state index in [-0.39, 0.29) is 0 Å². The van der Waals surface area contributed by atoms with Crippen LogP contribution >= 0.6 is 7.26 Å². The fraction of sp³-hybridized carbons (Fsp3) is 1.00. The standard InChI is InChI=1S/C14H32P/c1-11(2)9-15(13(5)6,14(7)8)10-12(3)4/h11-14H,9-10H2,1-8H3/q+1. The fourth-order valence-electron chi connectivity index (χ4n) is 2.87. The smallest absolute Gasteiger partial charge is 0.0593 e. The van der Waals surface area contributed by atoms with E-state index >= 15 is 0 Å². The molecule has 0 aliphatic rings. The summed E-state index contributed by atoms with van der Waals surface area (Å²) in [6.07, 6.45) is 2.97. The van der Waals surface area contributed by atoms with E-state index in [1.807, 2.05) is 0 Å². The van der Waals surface area contributed by atoms with Crippen molar-refractivity contribution in [2.75, 3.05) is 12.3 Å². The van der Waals surface area contributed by atoms with Crippen LogP contribution < -0.4 is 0 Å². The van der Waals surface area contributed by atoms with Crippen LogP contribution in [0.4, 0.5) is 0 Å². The molecular weight excluding hydrogens is 199 g/mol. The second-order valence-electron chi connectivity index (χ2n) is 6.44. The maximum absolute atomic E-state index is 2.46. The Labute approximate surface area is 98.6 Å². The maximum Gasteiger partial charge on any atom is 0.0644 e. The van der Waals surface area contributed by atoms with Gasteiger partial charge in [-0.1, -0.05) is 27.7 Å². The molecule has 0 saturated carbocycles. The fourth-order valence-corrected chi connectivity index (χ4v) is 8.62. The van der Waals surface area contributed by atoms with Gasteiger partial charge in [0, 0.05) is 7.26 Å². The Kier molecular flexibility index (Phi) is 6.41. The van der Waals surface area contributed by atoms with E-state index in [1.54, 1.807) is 0 Å². The zero-order valence-electron chi connectivity index (χ0n) is 12.2. The van der Waals surface area contributed by atoms with Gasteiger partial charge in [-0.2, -0.15) is 0 Å². The first-order chi connectivity index (χ1) is 6.72. The lowest BCUT2D eigenvalue weighted by Gasteiger charge is -2.37. The van der Waals surface area contributed by atoms with Gasteiger partial charge in [0.25, 0.3) is 0 Å². The van der Waals surface area contributed by atoms with Crippen LogP contribution in [0.15, 0.2) is 0 Å². The minimum Gasteiger partial charge on any atom is -0.0593 e. The minimum atomic E-state index is -0.752. The number of hydrogen-bond acceptors (Lipinski definition) is 0. The van der Waals surface area contributed by atoms with Crippen LogP contribution in [0.3, 0.4) is 0 Å². The zero-order chi connectivity index (χ0) is 12.2. The predicted molar refractivity (Wildman–Crippen MR) is 76.6 cm³/mol. The van der Waals surface area contributed by atoms with Crippen LogP contribution in [0.25, 0.3) is 0 Å². The Balaban J connectivity index is 4.90. The van der Waals surface area contributed by atoms with Gasteiger partial charge in [-0.3, -0.25) is 0 Å². The summed E-state index contributed by atoms with van der Waals surface area (Å²) in [4.78, 5) is 0. The molecule has 0 saturated heterocycles. The monoisotopic (exact) mass is 231 g/mol. The van der Waals surface area contributed by atoms with E-state index in [0.717, 1.165) is 23.2 Å². The highest BCUT2D eigenvalue weighted by molar-refractivity contribution is 7.77. The van der Waals surface area contributed by atoms with Crippen molar-refractivity contribution in [3.05, 3.63) is 0 Å². The minimum absolute atomic E-state index is 0.752. The van der Waals surface area contributed by atoms with Crippen molar-refractivity contribution in [1.29, 1.82) is 0 Å². The second-order valence-corrected chi connectivity index (χ2v) is 11.4. The van der Waals surface area contributed by atoms with Gasteiger partial charge in [-0.15, -0.1) is 0 Å². The summed E-state index contributed by atoms with van der Waals surface area (Å²) < 4.78 is 0. The molecule has 0 spiro atoms. The van der Waals surface area contributed by atoms with Crippen molar-refractivity contribution >= 4 is 7.26 Å². The first-order valence-corrected chi connectivity index (χ1v) is 8.88. The van der Waals surface area contributed by atoms with Gasteiger partial charge in [0.2, 0.25) is 0 Å². The molecule has 0 aromatic rings. The summed E-state index contributed by atoms with van der Waals surface area (Å²) in [5.74, 6) is 1.73. The van der Waals surface area contributed by atoms with Crippen LogP contribution in [0.5, 0.6) is 0 Å². The number of rotatable bonds is 6. The first-order valence-electron chi connectivity index (χ1n) is 6.58. The molecule has 0 N–H and O–H groups in total. The van der Waals surface area contributed by atoms with Crippen LogP contribution in [0.2, 0.25) is 0 Å². The molecule has 0 nitrogen and oxygen atoms in total. The third-order valence-corrected chi connectivity index (χ3v) is 10.4. The first kappa shape index (κ1) is 15.4. The molecule has 0 aliphatic carbocycles. The molecule has 0 fully saturated rings. The molecule has 0 aromatic carbocycles. The van der Waals surface area contributed by atoms with E-state index in [1.165, 1.54) is 12.3 Å². The summed E-state index contributed by atoms with van der Waals surface area (Å²) in [7, 11) is -0.752. The van der Waals surface area contributed by atoms with Crippen LogP contribution in [-0.4, -0.2) is 23.6 Å². The van der Waals surface area contributed by atoms with Gasteiger partial charge in [-0.05, 0) is 39.5 Å². The average molecular weight is 231 g/mol. The summed E-state index contributed by atoms with van der Waals surface area (Å²) in [5.41, 5.74) is 1.81. The molecule has 0 heterocycles. The molecule has 0 atom stereocenters. The third-order valence-electron chi connectivity index (χ3n) is 3.47. The van der Waals surface area contributed by atoms with Crippen LogP contribution in [-0.2, 0) is 0 Å². The molecule has 1 heteroatoms. The predicted octanol–water partition coefficient (Wildman–Crippen LogP) is 5.13. The third kappa shape index (κ3) is 4.43. The van der Waals surface area contributed by atoms with E-state index < -0.39 is 7.26 Å². The Hall–Kier alpha value is 0.430. The van der Waals surface area contributed by atoms with E-state index in [9.17, 15) is 0 Å². The highest BCUT2D eigenvalue weighted by Crippen LogP contribution is 2.68. The highest BCUT2D eigenvalue weighted by Gasteiger charge is 2.44. The molecule has 15 heavy (non-hydrogen) atoms. The Bertz CT molecular complexity index is 148. The van der Waals surface area contributed by atoms with Crippen molar-refractivity contribution in [2.24, 2.45) is 11.8 Å². The van der Waals surface area contributed by atoms with Crippen molar-refractivity contribution in [3.63, 3.8) is 0 Å². The molecule has 0 amide bonds. The van der Waals surface area contributed by atoms with Crippen molar-refractivity contribution in [2.45, 2.75) is 66.7 Å². The molecular formula is C14H32P+. The zero-order valence-corrected chi connectivity index (χ0v) is 13.1. The Morgan fingerprint density at radius 2 is 0.867 bits per heavy atom. The summed E-state index contributed by atoms with van der Waals surface area (Å²) in [5, 5.41) is 0. The van der Waals surface area contributed by atoms with Gasteiger partial charge >= 0.3 is 0 Å². The largest absolute Gasteiger partial charge is 0.0644 e. The molecule has 0 radical (unpaired) electrons. The topological polar surface area (TPSA) is 0 Å². The lowest BCUT2D eigenvalue weighted by molar-refractivity contribution is 0.693. The summed E-state index contributed by atoms with van der Waals surface area (Å²) >= 11 is 0. The van der Waals surface area contributed by atoms with Crippen molar-refractivity contribution in [1.82, 2.24) is 0 Å². The lowest BCUT2D eigenvalue weighted by atomic mass is 10.3. The van der Waals surface area contributed by atoms with Crippen molar-refractivity contribution < 1.29 is 0 Å². The van der Waals surface area contributed by atoms with Gasteiger partial charge < -0.3 is 0 Å². The Morgan fingerprint density at radius 3 is 1.00 bits per heavy atom. The summed E-state index contributed by atoms with van der Waals surface area (Å²) in [6, 6.07) is 0. The number of hydrogen-bond donors (Lipinski definition) is 0. The van der Waals surface area contributed by atoms with E-state index in [4.69, 9.17) is 0 Å². The highest BCUT2D eigenvalue weighted by atomic mass is 31.2. The van der Waals surface area contributed by atoms with Crippen molar-refractivity contribution in [3.8, 4) is 0 Å². The van der Waals surface area contributed by atoms with Crippen LogP contribution in [0, 0.1) is 11.8 Å². The molecule has 92 valence electrons. The van der Waals surface area contributed by atoms with Gasteiger partial charge in [-0.25, -0.2) is 0 Å². The average Bonchev–Trinajstić information content (AvgIpc) is 1.99. The van der Waals surface area contributed by atoms with E-state index in [2.05, 4.69) is 55.4 Å². The molecule has 0 aliphatic heterocycles. The molecule has 0 aromatic heterocycles. The van der Waals surface area contributed by atoms with Gasteiger partial charge in [0.15, 0.2) is 0 Å². The van der Waals surface area contributed by atoms with Crippen LogP contribution in [0.1, 0.15) is 55.4 Å². The molecule has 0 rings (SSSR count). The SMILES string of the molecule is CC(C)C[P+](CC(C)C)(C(C)C)C(C)C. The second kappa shape index (κ2) is 6.24. The van der Waals surface area contributed by atoms with Gasteiger partial charge in [0.1, 0.15) is 0 Å². The normalized spacial score (nSPS) is 13.6. The quantitative estimate of drug-likeness (QED) is 0.556. The molecule has 0 bridgehead atoms. The molecule has 0 unspecified atom stereocenters.